The Balaban J connectivity index is 1.48. The molecule has 5 heteroatoms. The highest BCUT2D eigenvalue weighted by molar-refractivity contribution is 7.19. The van der Waals surface area contributed by atoms with Gasteiger partial charge in [0.15, 0.2) is 0 Å². The van der Waals surface area contributed by atoms with E-state index in [9.17, 15) is 0 Å². The molecule has 37 heavy (non-hydrogen) atoms. The van der Waals surface area contributed by atoms with Gasteiger partial charge in [0.05, 0.1) is 22.1 Å². The first kappa shape index (κ1) is 22.0. The molecule has 0 bridgehead atoms. The van der Waals surface area contributed by atoms with Gasteiger partial charge in [-0.15, -0.1) is 11.3 Å². The van der Waals surface area contributed by atoms with Gasteiger partial charge in [0.1, 0.15) is 0 Å². The monoisotopic (exact) mass is 496 g/mol. The Kier molecular flexibility index (Phi) is 4.85. The summed E-state index contributed by atoms with van der Waals surface area (Å²) in [4.78, 5) is 21.9. The average Bonchev–Trinajstić information content (AvgIpc) is 3.38. The van der Waals surface area contributed by atoms with Gasteiger partial charge in [0.2, 0.25) is 0 Å². The van der Waals surface area contributed by atoms with Crippen LogP contribution in [-0.2, 0) is 0 Å². The van der Waals surface area contributed by atoms with Gasteiger partial charge in [0.25, 0.3) is 0 Å². The zero-order valence-electron chi connectivity index (χ0n) is 21.1. The molecule has 0 atom stereocenters. The molecule has 0 aliphatic carbocycles. The first-order valence-corrected chi connectivity index (χ1v) is 13.2. The van der Waals surface area contributed by atoms with Crippen LogP contribution in [0.5, 0.6) is 0 Å². The Morgan fingerprint density at radius 1 is 0.432 bits per heavy atom. The highest BCUT2D eigenvalue weighted by Gasteiger charge is 2.16. The number of nitrogens with zero attached hydrogens (tertiary/aromatic N) is 4. The minimum Gasteiger partial charge on any atom is -0.251 e. The number of hydrogen-bond acceptors (Lipinski definition) is 5. The van der Waals surface area contributed by atoms with Crippen LogP contribution < -0.4 is 0 Å². The lowest BCUT2D eigenvalue weighted by Crippen LogP contribution is -1.92. The molecule has 0 amide bonds. The molecule has 0 unspecified atom stereocenters. The Labute approximate surface area is 218 Å². The molecule has 7 rings (SSSR count). The number of aryl methyl sites for hydroxylation is 4. The Hall–Kier alpha value is -4.22. The van der Waals surface area contributed by atoms with E-state index in [0.29, 0.717) is 0 Å². The van der Waals surface area contributed by atoms with E-state index in [-0.39, 0.29) is 0 Å². The highest BCUT2D eigenvalue weighted by atomic mass is 32.1. The van der Waals surface area contributed by atoms with E-state index in [2.05, 4.69) is 72.8 Å². The lowest BCUT2D eigenvalue weighted by Gasteiger charge is -2.11. The van der Waals surface area contributed by atoms with Crippen LogP contribution in [-0.4, -0.2) is 19.9 Å². The number of fused-ring (bicyclic) bond motifs is 6. The normalized spacial score (nSPS) is 11.8. The standard InChI is InChI=1S/C32H24N4S/c1-17-5-9-21-15-25(23-11-7-19(3)35-31(23)29(21)33-17)27-13-14-28(37-27)26-16-22-10-6-18(2)34-30(22)32-24(26)12-8-20(4)36-32/h5-16H,1-4H3. The Morgan fingerprint density at radius 3 is 1.24 bits per heavy atom. The van der Waals surface area contributed by atoms with Gasteiger partial charge in [0, 0.05) is 65.2 Å². The van der Waals surface area contributed by atoms with Crippen LogP contribution in [0.4, 0.5) is 0 Å². The first-order chi connectivity index (χ1) is 17.9. The third kappa shape index (κ3) is 3.58. The van der Waals surface area contributed by atoms with E-state index in [4.69, 9.17) is 19.9 Å². The van der Waals surface area contributed by atoms with E-state index in [1.54, 1.807) is 11.3 Å². The second-order valence-corrected chi connectivity index (χ2v) is 10.8. The molecule has 0 aliphatic heterocycles. The van der Waals surface area contributed by atoms with Gasteiger partial charge in [-0.2, -0.15) is 0 Å². The molecular weight excluding hydrogens is 472 g/mol. The topological polar surface area (TPSA) is 51.6 Å². The van der Waals surface area contributed by atoms with Crippen molar-refractivity contribution in [2.24, 2.45) is 0 Å². The van der Waals surface area contributed by atoms with Crippen molar-refractivity contribution >= 4 is 54.9 Å². The van der Waals surface area contributed by atoms with E-state index in [1.165, 1.54) is 20.9 Å². The minimum absolute atomic E-state index is 0.962. The van der Waals surface area contributed by atoms with Crippen molar-refractivity contribution in [1.29, 1.82) is 0 Å². The number of benzene rings is 2. The van der Waals surface area contributed by atoms with Crippen LogP contribution in [0.1, 0.15) is 22.8 Å². The van der Waals surface area contributed by atoms with Gasteiger partial charge >= 0.3 is 0 Å². The van der Waals surface area contributed by atoms with Gasteiger partial charge < -0.3 is 0 Å². The van der Waals surface area contributed by atoms with Crippen LogP contribution in [0.2, 0.25) is 0 Å². The van der Waals surface area contributed by atoms with Gasteiger partial charge in [-0.05, 0) is 76.2 Å². The molecule has 0 radical (unpaired) electrons. The summed E-state index contributed by atoms with van der Waals surface area (Å²) >= 11 is 1.80. The maximum Gasteiger partial charge on any atom is 0.0974 e. The fourth-order valence-electron chi connectivity index (χ4n) is 5.16. The molecule has 4 nitrogen and oxygen atoms in total. The summed E-state index contributed by atoms with van der Waals surface area (Å²) in [6.45, 7) is 8.13. The fraction of sp³-hybridized carbons (Fsp3) is 0.125. The third-order valence-corrected chi connectivity index (χ3v) is 8.12. The van der Waals surface area contributed by atoms with E-state index in [1.807, 2.05) is 27.7 Å². The lowest BCUT2D eigenvalue weighted by molar-refractivity contribution is 1.23. The second kappa shape index (κ2) is 8.15. The second-order valence-electron chi connectivity index (χ2n) is 9.76. The van der Waals surface area contributed by atoms with Crippen LogP contribution in [0, 0.1) is 27.7 Å². The van der Waals surface area contributed by atoms with Crippen molar-refractivity contribution < 1.29 is 0 Å². The largest absolute Gasteiger partial charge is 0.251 e. The van der Waals surface area contributed by atoms with Crippen LogP contribution in [0.15, 0.2) is 72.8 Å². The molecule has 2 aromatic carbocycles. The molecule has 0 aliphatic rings. The fourth-order valence-corrected chi connectivity index (χ4v) is 6.22. The molecule has 5 aromatic heterocycles. The third-order valence-electron chi connectivity index (χ3n) is 6.97. The molecule has 178 valence electrons. The Morgan fingerprint density at radius 2 is 0.811 bits per heavy atom. The summed E-state index contributed by atoms with van der Waals surface area (Å²) in [7, 11) is 0. The van der Waals surface area contributed by atoms with Crippen molar-refractivity contribution in [2.45, 2.75) is 27.7 Å². The summed E-state index contributed by atoms with van der Waals surface area (Å²) in [5.41, 5.74) is 10.2. The zero-order chi connectivity index (χ0) is 25.3. The van der Waals surface area contributed by atoms with Crippen molar-refractivity contribution in [1.82, 2.24) is 19.9 Å². The molecule has 7 aromatic rings. The van der Waals surface area contributed by atoms with Crippen molar-refractivity contribution in [3.63, 3.8) is 0 Å². The first-order valence-electron chi connectivity index (χ1n) is 12.4. The van der Waals surface area contributed by atoms with Gasteiger partial charge in [-0.3, -0.25) is 19.9 Å². The zero-order valence-corrected chi connectivity index (χ0v) is 21.9. The highest BCUT2D eigenvalue weighted by Crippen LogP contribution is 2.42. The Bertz CT molecular complexity index is 1890. The molecule has 0 fully saturated rings. The predicted molar refractivity (Wildman–Crippen MR) is 155 cm³/mol. The van der Waals surface area contributed by atoms with Gasteiger partial charge in [-0.1, -0.05) is 24.3 Å². The summed E-state index contributed by atoms with van der Waals surface area (Å²) in [6.07, 6.45) is 0. The summed E-state index contributed by atoms with van der Waals surface area (Å²) in [6, 6.07) is 25.9. The summed E-state index contributed by atoms with van der Waals surface area (Å²) in [5, 5.41) is 4.48. The number of aromatic nitrogens is 4. The van der Waals surface area contributed by atoms with Crippen LogP contribution in [0.25, 0.3) is 64.5 Å². The number of pyridine rings is 4. The van der Waals surface area contributed by atoms with E-state index in [0.717, 1.165) is 66.4 Å². The molecule has 0 saturated carbocycles. The van der Waals surface area contributed by atoms with E-state index >= 15 is 0 Å². The summed E-state index contributed by atoms with van der Waals surface area (Å²) < 4.78 is 0. The number of hydrogen-bond donors (Lipinski definition) is 0. The molecule has 0 saturated heterocycles. The minimum atomic E-state index is 0.962. The molecule has 5 heterocycles. The predicted octanol–water partition coefficient (Wildman–Crippen LogP) is 8.51. The number of rotatable bonds is 2. The van der Waals surface area contributed by atoms with Crippen molar-refractivity contribution in [2.75, 3.05) is 0 Å². The maximum atomic E-state index is 4.91. The number of thiophene rings is 1. The molecular formula is C32H24N4S. The van der Waals surface area contributed by atoms with Crippen molar-refractivity contribution in [3.8, 4) is 20.9 Å². The van der Waals surface area contributed by atoms with Crippen molar-refractivity contribution in [3.05, 3.63) is 95.6 Å². The molecule has 0 N–H and O–H groups in total. The van der Waals surface area contributed by atoms with Gasteiger partial charge in [-0.25, -0.2) is 0 Å². The quantitative estimate of drug-likeness (QED) is 0.225. The SMILES string of the molecule is Cc1ccc2cc(-c3ccc(-c4cc5ccc(C)nc5c5nc(C)ccc45)s3)c3ccc(C)nc3c2n1. The summed E-state index contributed by atoms with van der Waals surface area (Å²) in [5.74, 6) is 0. The smallest absolute Gasteiger partial charge is 0.0974 e. The van der Waals surface area contributed by atoms with Crippen LogP contribution >= 0.6 is 11.3 Å². The average molecular weight is 497 g/mol. The lowest BCUT2D eigenvalue weighted by atomic mass is 10.0. The maximum absolute atomic E-state index is 4.91. The van der Waals surface area contributed by atoms with Crippen LogP contribution in [0.3, 0.4) is 0 Å². The molecule has 0 spiro atoms. The van der Waals surface area contributed by atoms with E-state index < -0.39 is 0 Å².